The van der Waals surface area contributed by atoms with E-state index in [4.69, 9.17) is 5.11 Å². The number of phenolic OH excluding ortho intramolecular Hbond substituents is 2. The molecule has 0 heterocycles. The summed E-state index contributed by atoms with van der Waals surface area (Å²) in [5.74, 6) is -1.20. The molecule has 1 saturated carbocycles. The Morgan fingerprint density at radius 1 is 0.933 bits per heavy atom. The molecule has 0 spiro atoms. The van der Waals surface area contributed by atoms with Gasteiger partial charge in [0.05, 0.1) is 10.8 Å². The lowest BCUT2D eigenvalue weighted by Crippen LogP contribution is -2.23. The van der Waals surface area contributed by atoms with Crippen LogP contribution >= 0.6 is 0 Å². The van der Waals surface area contributed by atoms with Gasteiger partial charge in [0, 0.05) is 5.56 Å². The van der Waals surface area contributed by atoms with E-state index < -0.39 is 22.8 Å². The second-order valence-corrected chi connectivity index (χ2v) is 9.47. The van der Waals surface area contributed by atoms with Gasteiger partial charge in [0.2, 0.25) is 0 Å². The maximum atomic E-state index is 11.2. The molecule has 30 heavy (non-hydrogen) atoms. The second-order valence-electron chi connectivity index (χ2n) is 9.47. The Kier molecular flexibility index (Phi) is 8.16. The van der Waals surface area contributed by atoms with Crippen molar-refractivity contribution in [2.75, 3.05) is 0 Å². The Bertz CT molecular complexity index is 748. The van der Waals surface area contributed by atoms with Gasteiger partial charge in [-0.3, -0.25) is 9.59 Å². The number of aromatic hydroxyl groups is 2. The van der Waals surface area contributed by atoms with Gasteiger partial charge in [0.15, 0.2) is 0 Å². The molecule has 0 aliphatic heterocycles. The van der Waals surface area contributed by atoms with Crippen molar-refractivity contribution in [2.24, 2.45) is 10.8 Å². The van der Waals surface area contributed by atoms with Crippen molar-refractivity contribution in [3.63, 3.8) is 0 Å². The lowest BCUT2D eigenvalue weighted by molar-refractivity contribution is -0.147. The van der Waals surface area contributed by atoms with E-state index >= 15 is 0 Å². The van der Waals surface area contributed by atoms with E-state index in [0.717, 1.165) is 56.9 Å². The predicted molar refractivity (Wildman–Crippen MR) is 115 cm³/mol. The number of aliphatic carboxylic acids is 2. The number of carboxylic acids is 2. The van der Waals surface area contributed by atoms with Crippen LogP contribution in [0.4, 0.5) is 0 Å². The molecular formula is C24H36O6. The highest BCUT2D eigenvalue weighted by Gasteiger charge is 2.49. The largest absolute Gasteiger partial charge is 0.508 e. The fraction of sp³-hybridized carbons (Fsp3) is 0.667. The highest BCUT2D eigenvalue weighted by molar-refractivity contribution is 5.77. The third-order valence-corrected chi connectivity index (χ3v) is 6.56. The summed E-state index contributed by atoms with van der Waals surface area (Å²) in [7, 11) is 0. The average molecular weight is 421 g/mol. The monoisotopic (exact) mass is 420 g/mol. The van der Waals surface area contributed by atoms with Crippen LogP contribution in [0.1, 0.15) is 89.2 Å². The van der Waals surface area contributed by atoms with Gasteiger partial charge in [-0.1, -0.05) is 31.7 Å². The molecule has 0 saturated heterocycles. The van der Waals surface area contributed by atoms with E-state index in [2.05, 4.69) is 0 Å². The molecule has 1 fully saturated rings. The van der Waals surface area contributed by atoms with Gasteiger partial charge in [-0.25, -0.2) is 0 Å². The van der Waals surface area contributed by atoms with Crippen molar-refractivity contribution < 1.29 is 30.0 Å². The standard InChI is InChI=1S/C24H36O6/c1-23(2,21(27)28)13-7-3-5-9-17-11-12-19(25)18(20(17)26)10-6-4-8-14-24(15-16-24)22(29)30/h11-12,25-26H,3-10,13-16H2,1-2H3,(H,27,28)(H,29,30). The summed E-state index contributed by atoms with van der Waals surface area (Å²) in [6.07, 6.45) is 9.22. The molecule has 0 amide bonds. The first-order valence-electron chi connectivity index (χ1n) is 11.1. The topological polar surface area (TPSA) is 115 Å². The zero-order chi connectivity index (χ0) is 22.4. The van der Waals surface area contributed by atoms with Crippen LogP contribution in [0.15, 0.2) is 12.1 Å². The Balaban J connectivity index is 1.76. The van der Waals surface area contributed by atoms with Crippen molar-refractivity contribution in [3.05, 3.63) is 23.3 Å². The minimum absolute atomic E-state index is 0.101. The minimum Gasteiger partial charge on any atom is -0.508 e. The number of aryl methyl sites for hydroxylation is 1. The van der Waals surface area contributed by atoms with E-state index in [1.807, 2.05) is 0 Å². The summed E-state index contributed by atoms with van der Waals surface area (Å²) in [4.78, 5) is 22.4. The molecule has 168 valence electrons. The number of phenols is 2. The molecule has 1 aliphatic rings. The Labute approximate surface area is 178 Å². The van der Waals surface area contributed by atoms with Gasteiger partial charge < -0.3 is 20.4 Å². The number of hydrogen-bond donors (Lipinski definition) is 4. The molecule has 0 unspecified atom stereocenters. The molecule has 0 aromatic heterocycles. The van der Waals surface area contributed by atoms with Crippen molar-refractivity contribution >= 4 is 11.9 Å². The second kappa shape index (κ2) is 10.2. The predicted octanol–water partition coefficient (Wildman–Crippen LogP) is 5.28. The van der Waals surface area contributed by atoms with Crippen LogP contribution in [0.2, 0.25) is 0 Å². The van der Waals surface area contributed by atoms with Gasteiger partial charge in [-0.2, -0.15) is 0 Å². The zero-order valence-corrected chi connectivity index (χ0v) is 18.2. The number of hydrogen-bond acceptors (Lipinski definition) is 4. The van der Waals surface area contributed by atoms with Crippen molar-refractivity contribution in [1.82, 2.24) is 0 Å². The van der Waals surface area contributed by atoms with Crippen LogP contribution in [0, 0.1) is 10.8 Å². The van der Waals surface area contributed by atoms with E-state index in [0.29, 0.717) is 31.2 Å². The molecule has 4 N–H and O–H groups in total. The smallest absolute Gasteiger partial charge is 0.309 e. The Morgan fingerprint density at radius 2 is 1.57 bits per heavy atom. The molecule has 2 rings (SSSR count). The average Bonchev–Trinajstić information content (AvgIpc) is 3.46. The summed E-state index contributed by atoms with van der Waals surface area (Å²) in [6, 6.07) is 3.38. The quantitative estimate of drug-likeness (QED) is 0.304. The lowest BCUT2D eigenvalue weighted by atomic mass is 9.87. The van der Waals surface area contributed by atoms with Crippen molar-refractivity contribution in [3.8, 4) is 11.5 Å². The Hall–Kier alpha value is -2.24. The molecule has 1 aromatic rings. The van der Waals surface area contributed by atoms with Crippen LogP contribution in [0.3, 0.4) is 0 Å². The summed E-state index contributed by atoms with van der Waals surface area (Å²) in [6.45, 7) is 3.47. The summed E-state index contributed by atoms with van der Waals surface area (Å²) < 4.78 is 0. The van der Waals surface area contributed by atoms with E-state index in [-0.39, 0.29) is 11.5 Å². The van der Waals surface area contributed by atoms with Crippen LogP contribution in [0.25, 0.3) is 0 Å². The SMILES string of the molecule is CC(C)(CCCCCc1ccc(O)c(CCCCCC2(C(=O)O)CC2)c1O)C(=O)O. The molecule has 0 atom stereocenters. The first kappa shape index (κ1) is 24.0. The molecular weight excluding hydrogens is 384 g/mol. The van der Waals surface area contributed by atoms with Gasteiger partial charge in [-0.15, -0.1) is 0 Å². The number of carboxylic acid groups (broad SMARTS) is 2. The summed E-state index contributed by atoms with van der Waals surface area (Å²) in [5, 5.41) is 39.1. The fourth-order valence-electron chi connectivity index (χ4n) is 3.95. The maximum Gasteiger partial charge on any atom is 0.309 e. The van der Waals surface area contributed by atoms with Gasteiger partial charge in [0.25, 0.3) is 0 Å². The van der Waals surface area contributed by atoms with Gasteiger partial charge in [0.1, 0.15) is 11.5 Å². The third kappa shape index (κ3) is 6.38. The van der Waals surface area contributed by atoms with Crippen molar-refractivity contribution in [2.45, 2.75) is 90.9 Å². The minimum atomic E-state index is -0.779. The summed E-state index contributed by atoms with van der Waals surface area (Å²) >= 11 is 0. The molecule has 0 radical (unpaired) electrons. The first-order valence-corrected chi connectivity index (χ1v) is 11.1. The van der Waals surface area contributed by atoms with E-state index in [9.17, 15) is 24.9 Å². The van der Waals surface area contributed by atoms with Crippen LogP contribution in [-0.2, 0) is 22.4 Å². The Morgan fingerprint density at radius 3 is 2.17 bits per heavy atom. The van der Waals surface area contributed by atoms with E-state index in [1.54, 1.807) is 26.0 Å². The molecule has 1 aliphatic carbocycles. The fourth-order valence-corrected chi connectivity index (χ4v) is 3.95. The van der Waals surface area contributed by atoms with Crippen LogP contribution in [0.5, 0.6) is 11.5 Å². The maximum absolute atomic E-state index is 11.2. The molecule has 1 aromatic carbocycles. The number of unbranched alkanes of at least 4 members (excludes halogenated alkanes) is 4. The highest BCUT2D eigenvalue weighted by atomic mass is 16.4. The lowest BCUT2D eigenvalue weighted by Gasteiger charge is -2.18. The molecule has 6 heteroatoms. The first-order chi connectivity index (χ1) is 14.1. The van der Waals surface area contributed by atoms with E-state index in [1.165, 1.54) is 0 Å². The molecule has 6 nitrogen and oxygen atoms in total. The van der Waals surface area contributed by atoms with Crippen LogP contribution in [-0.4, -0.2) is 32.4 Å². The third-order valence-electron chi connectivity index (χ3n) is 6.56. The normalized spacial score (nSPS) is 15.1. The summed E-state index contributed by atoms with van der Waals surface area (Å²) in [5.41, 5.74) is 0.184. The zero-order valence-electron chi connectivity index (χ0n) is 18.2. The van der Waals surface area contributed by atoms with Gasteiger partial charge >= 0.3 is 11.9 Å². The number of rotatable bonds is 14. The van der Waals surface area contributed by atoms with Crippen molar-refractivity contribution in [1.29, 1.82) is 0 Å². The van der Waals surface area contributed by atoms with Gasteiger partial charge in [-0.05, 0) is 76.8 Å². The van der Waals surface area contributed by atoms with Crippen LogP contribution < -0.4 is 0 Å². The number of carbonyl (C=O) groups is 2. The molecule has 0 bridgehead atoms. The number of benzene rings is 1. The highest BCUT2D eigenvalue weighted by Crippen LogP contribution is 2.50.